The molecule has 1 amide bonds. The molecule has 1 aliphatic rings. The fraction of sp³-hybridized carbons (Fsp3) is 0.474. The Bertz CT molecular complexity index is 666. The van der Waals surface area contributed by atoms with Crippen LogP contribution in [0.5, 0.6) is 0 Å². The van der Waals surface area contributed by atoms with E-state index < -0.39 is 11.7 Å². The van der Waals surface area contributed by atoms with Crippen LogP contribution in [0.25, 0.3) is 6.08 Å². The zero-order valence-corrected chi connectivity index (χ0v) is 14.6. The predicted octanol–water partition coefficient (Wildman–Crippen LogP) is 3.91. The minimum Gasteiger partial charge on any atom is -0.466 e. The number of rotatable bonds is 8. The third-order valence-electron chi connectivity index (χ3n) is 4.01. The van der Waals surface area contributed by atoms with E-state index in [1.807, 2.05) is 0 Å². The summed E-state index contributed by atoms with van der Waals surface area (Å²) in [4.78, 5) is 25.4. The fourth-order valence-electron chi connectivity index (χ4n) is 2.45. The largest absolute Gasteiger partial charge is 0.466 e. The minimum atomic E-state index is -4.43. The summed E-state index contributed by atoms with van der Waals surface area (Å²) in [5.74, 6) is -0.260. The highest BCUT2D eigenvalue weighted by atomic mass is 19.4. The molecule has 0 bridgehead atoms. The molecule has 0 radical (unpaired) electrons. The van der Waals surface area contributed by atoms with E-state index >= 15 is 0 Å². The van der Waals surface area contributed by atoms with Crippen LogP contribution in [0.2, 0.25) is 0 Å². The molecule has 1 aromatic rings. The maximum Gasteiger partial charge on any atom is 0.416 e. The van der Waals surface area contributed by atoms with E-state index in [1.54, 1.807) is 11.8 Å². The van der Waals surface area contributed by atoms with Gasteiger partial charge in [-0.05, 0) is 49.5 Å². The molecule has 7 heteroatoms. The van der Waals surface area contributed by atoms with Crippen molar-refractivity contribution in [1.29, 1.82) is 0 Å². The second-order valence-electron chi connectivity index (χ2n) is 6.24. The van der Waals surface area contributed by atoms with Gasteiger partial charge in [0.05, 0.1) is 18.6 Å². The van der Waals surface area contributed by atoms with Gasteiger partial charge in [-0.1, -0.05) is 12.1 Å². The second kappa shape index (κ2) is 8.87. The Hall–Kier alpha value is -2.31. The highest BCUT2D eigenvalue weighted by Gasteiger charge is 2.30. The first-order chi connectivity index (χ1) is 12.3. The Morgan fingerprint density at radius 2 is 2.04 bits per heavy atom. The summed E-state index contributed by atoms with van der Waals surface area (Å²) in [6.45, 7) is 2.78. The lowest BCUT2D eigenvalue weighted by Gasteiger charge is -2.20. The quantitative estimate of drug-likeness (QED) is 0.516. The molecular formula is C19H22F3NO3. The Labute approximate surface area is 150 Å². The van der Waals surface area contributed by atoms with Gasteiger partial charge >= 0.3 is 12.1 Å². The summed E-state index contributed by atoms with van der Waals surface area (Å²) in [7, 11) is 0. The van der Waals surface area contributed by atoms with Gasteiger partial charge < -0.3 is 9.64 Å². The smallest absolute Gasteiger partial charge is 0.416 e. The van der Waals surface area contributed by atoms with E-state index in [1.165, 1.54) is 24.3 Å². The number of nitrogens with zero attached hydrogens (tertiary/aromatic N) is 1. The van der Waals surface area contributed by atoms with Crippen molar-refractivity contribution in [2.45, 2.75) is 32.4 Å². The van der Waals surface area contributed by atoms with Crippen LogP contribution in [-0.4, -0.2) is 36.5 Å². The van der Waals surface area contributed by atoms with Gasteiger partial charge in [0.2, 0.25) is 5.91 Å². The molecule has 1 aliphatic carbocycles. The third kappa shape index (κ3) is 6.54. The fourth-order valence-corrected chi connectivity index (χ4v) is 2.45. The third-order valence-corrected chi connectivity index (χ3v) is 4.01. The van der Waals surface area contributed by atoms with Crippen molar-refractivity contribution >= 4 is 18.0 Å². The lowest BCUT2D eigenvalue weighted by molar-refractivity contribution is -0.144. The first-order valence-corrected chi connectivity index (χ1v) is 8.59. The van der Waals surface area contributed by atoms with Crippen molar-refractivity contribution in [2.75, 3.05) is 19.7 Å². The minimum absolute atomic E-state index is 0.101. The number of benzene rings is 1. The molecule has 0 atom stereocenters. The number of esters is 1. The standard InChI is InChI=1S/C19H22F3NO3/c1-2-26-18(25)10-11-23(13-15-6-7-15)17(24)9-8-14-4-3-5-16(12-14)19(20,21)22/h3-5,8-9,12,15H,2,6-7,10-11,13H2,1H3/b9-8+. The number of hydrogen-bond acceptors (Lipinski definition) is 3. The number of amides is 1. The van der Waals surface area contributed by atoms with Crippen LogP contribution >= 0.6 is 0 Å². The lowest BCUT2D eigenvalue weighted by atomic mass is 10.1. The molecule has 26 heavy (non-hydrogen) atoms. The SMILES string of the molecule is CCOC(=O)CCN(CC1CC1)C(=O)/C=C/c1cccc(C(F)(F)F)c1. The second-order valence-corrected chi connectivity index (χ2v) is 6.24. The molecule has 1 fully saturated rings. The Kier molecular flexibility index (Phi) is 6.83. The topological polar surface area (TPSA) is 46.6 Å². The summed E-state index contributed by atoms with van der Waals surface area (Å²) in [6, 6.07) is 4.78. The molecule has 142 valence electrons. The van der Waals surface area contributed by atoms with Crippen molar-refractivity contribution in [2.24, 2.45) is 5.92 Å². The van der Waals surface area contributed by atoms with Crippen molar-refractivity contribution in [3.8, 4) is 0 Å². The van der Waals surface area contributed by atoms with Gasteiger partial charge in [0.1, 0.15) is 0 Å². The van der Waals surface area contributed by atoms with E-state index in [4.69, 9.17) is 4.74 Å². The van der Waals surface area contributed by atoms with E-state index in [9.17, 15) is 22.8 Å². The van der Waals surface area contributed by atoms with Gasteiger partial charge in [0, 0.05) is 19.2 Å². The van der Waals surface area contributed by atoms with Crippen LogP contribution < -0.4 is 0 Å². The van der Waals surface area contributed by atoms with Crippen LogP contribution in [-0.2, 0) is 20.5 Å². The maximum atomic E-state index is 12.7. The Balaban J connectivity index is 2.01. The number of carbonyl (C=O) groups excluding carboxylic acids is 2. The number of hydrogen-bond donors (Lipinski definition) is 0. The zero-order chi connectivity index (χ0) is 19.2. The van der Waals surface area contributed by atoms with Gasteiger partial charge in [-0.3, -0.25) is 9.59 Å². The molecule has 0 spiro atoms. The van der Waals surface area contributed by atoms with E-state index in [0.29, 0.717) is 18.0 Å². The van der Waals surface area contributed by atoms with Crippen molar-refractivity contribution in [3.63, 3.8) is 0 Å². The summed E-state index contributed by atoms with van der Waals surface area (Å²) in [5.41, 5.74) is -0.464. The Morgan fingerprint density at radius 1 is 1.31 bits per heavy atom. The average molecular weight is 369 g/mol. The molecule has 0 aliphatic heterocycles. The summed E-state index contributed by atoms with van der Waals surface area (Å²) >= 11 is 0. The van der Waals surface area contributed by atoms with Gasteiger partial charge in [0.15, 0.2) is 0 Å². The molecule has 0 saturated heterocycles. The molecule has 2 rings (SSSR count). The molecule has 1 aromatic carbocycles. The van der Waals surface area contributed by atoms with Crippen LogP contribution in [0.4, 0.5) is 13.2 Å². The predicted molar refractivity (Wildman–Crippen MR) is 91.0 cm³/mol. The van der Waals surface area contributed by atoms with Crippen LogP contribution in [0.1, 0.15) is 37.3 Å². The van der Waals surface area contributed by atoms with Gasteiger partial charge in [-0.2, -0.15) is 13.2 Å². The van der Waals surface area contributed by atoms with Crippen LogP contribution in [0, 0.1) is 5.92 Å². The van der Waals surface area contributed by atoms with Crippen LogP contribution in [0.3, 0.4) is 0 Å². The number of carbonyl (C=O) groups is 2. The van der Waals surface area contributed by atoms with Gasteiger partial charge in [0.25, 0.3) is 0 Å². The first kappa shape index (κ1) is 20.0. The molecule has 1 saturated carbocycles. The number of ether oxygens (including phenoxy) is 1. The van der Waals surface area contributed by atoms with Crippen molar-refractivity contribution in [3.05, 3.63) is 41.5 Å². The van der Waals surface area contributed by atoms with E-state index in [2.05, 4.69) is 0 Å². The normalized spacial score (nSPS) is 14.5. The summed E-state index contributed by atoms with van der Waals surface area (Å²) in [5, 5.41) is 0. The maximum absolute atomic E-state index is 12.7. The van der Waals surface area contributed by atoms with Crippen molar-refractivity contribution in [1.82, 2.24) is 4.90 Å². The number of alkyl halides is 3. The highest BCUT2D eigenvalue weighted by Crippen LogP contribution is 2.30. The van der Waals surface area contributed by atoms with E-state index in [0.717, 1.165) is 25.0 Å². The van der Waals surface area contributed by atoms with Crippen LogP contribution in [0.15, 0.2) is 30.3 Å². The summed E-state index contributed by atoms with van der Waals surface area (Å²) in [6.07, 6.45) is 0.376. The monoisotopic (exact) mass is 369 g/mol. The van der Waals surface area contributed by atoms with E-state index in [-0.39, 0.29) is 31.4 Å². The first-order valence-electron chi connectivity index (χ1n) is 8.59. The molecule has 0 aromatic heterocycles. The van der Waals surface area contributed by atoms with Gasteiger partial charge in [-0.25, -0.2) is 0 Å². The average Bonchev–Trinajstić information content (AvgIpc) is 3.40. The molecule has 0 unspecified atom stereocenters. The lowest BCUT2D eigenvalue weighted by Crippen LogP contribution is -2.33. The molecular weight excluding hydrogens is 347 g/mol. The molecule has 0 heterocycles. The van der Waals surface area contributed by atoms with Gasteiger partial charge in [-0.15, -0.1) is 0 Å². The molecule has 4 nitrogen and oxygen atoms in total. The van der Waals surface area contributed by atoms with Crippen molar-refractivity contribution < 1.29 is 27.5 Å². The zero-order valence-electron chi connectivity index (χ0n) is 14.6. The molecule has 0 N–H and O–H groups in total. The Morgan fingerprint density at radius 3 is 2.65 bits per heavy atom. The summed E-state index contributed by atoms with van der Waals surface area (Å²) < 4.78 is 43.1. The number of halogens is 3. The highest BCUT2D eigenvalue weighted by molar-refractivity contribution is 5.92.